The van der Waals surface area contributed by atoms with E-state index in [2.05, 4.69) is 5.32 Å². The van der Waals surface area contributed by atoms with Gasteiger partial charge in [-0.25, -0.2) is 0 Å². The number of hydrogen-bond acceptors (Lipinski definition) is 6. The van der Waals surface area contributed by atoms with Crippen LogP contribution in [0.4, 0.5) is 0 Å². The molecule has 22 heavy (non-hydrogen) atoms. The van der Waals surface area contributed by atoms with Crippen molar-refractivity contribution >= 4 is 38.5 Å². The summed E-state index contributed by atoms with van der Waals surface area (Å²) < 4.78 is 15.6. The first-order valence-electron chi connectivity index (χ1n) is 6.40. The zero-order valence-corrected chi connectivity index (χ0v) is 14.7. The van der Waals surface area contributed by atoms with Crippen LogP contribution >= 0.6 is 20.6 Å². The first kappa shape index (κ1) is 18.4. The van der Waals surface area contributed by atoms with E-state index in [0.717, 1.165) is 0 Å². The van der Waals surface area contributed by atoms with Gasteiger partial charge in [-0.1, -0.05) is 0 Å². The SMILES string of the molecule is COCCNC(=O)c1ccccc1I(OC(C)=O)OC(C)=O. The number of nitrogens with one attached hydrogen (secondary N) is 1. The second-order valence-corrected chi connectivity index (χ2v) is 7.37. The Morgan fingerprint density at radius 2 is 1.68 bits per heavy atom. The molecule has 0 spiro atoms. The molecule has 0 radical (unpaired) electrons. The van der Waals surface area contributed by atoms with Crippen molar-refractivity contribution in [1.29, 1.82) is 0 Å². The third kappa shape index (κ3) is 5.98. The molecule has 0 aromatic heterocycles. The van der Waals surface area contributed by atoms with E-state index in [1.165, 1.54) is 21.0 Å². The van der Waals surface area contributed by atoms with Crippen LogP contribution in [0.1, 0.15) is 24.2 Å². The number of halogens is 1. The standard InChI is InChI=1S/C14H18INO6/c1-10(17)21-15(22-11(2)18)13-7-5-4-6-12(13)14(19)16-8-9-20-3/h4-7H,8-9H2,1-3H3,(H,16,19). The van der Waals surface area contributed by atoms with Gasteiger partial charge in [0, 0.05) is 0 Å². The molecule has 0 aliphatic carbocycles. The second-order valence-electron chi connectivity index (χ2n) is 4.08. The molecule has 0 bridgehead atoms. The molecular formula is C14H18INO6. The van der Waals surface area contributed by atoms with E-state index in [0.29, 0.717) is 22.3 Å². The van der Waals surface area contributed by atoms with E-state index in [9.17, 15) is 14.4 Å². The molecule has 0 heterocycles. The Balaban J connectivity index is 3.02. The van der Waals surface area contributed by atoms with Gasteiger partial charge in [-0.15, -0.1) is 0 Å². The van der Waals surface area contributed by atoms with Gasteiger partial charge in [-0.2, -0.15) is 0 Å². The molecule has 1 N–H and O–H groups in total. The monoisotopic (exact) mass is 423 g/mol. The van der Waals surface area contributed by atoms with Gasteiger partial charge in [0.25, 0.3) is 0 Å². The van der Waals surface area contributed by atoms with Crippen molar-refractivity contribution < 1.29 is 25.3 Å². The Labute approximate surface area is 136 Å². The zero-order valence-electron chi connectivity index (χ0n) is 12.6. The van der Waals surface area contributed by atoms with Crippen molar-refractivity contribution in [3.8, 4) is 0 Å². The fraction of sp³-hybridized carbons (Fsp3) is 0.357. The number of ether oxygens (including phenoxy) is 1. The van der Waals surface area contributed by atoms with Crippen molar-refractivity contribution in [2.75, 3.05) is 20.3 Å². The Bertz CT molecular complexity index is 532. The van der Waals surface area contributed by atoms with Crippen LogP contribution < -0.4 is 5.32 Å². The molecular weight excluding hydrogens is 405 g/mol. The van der Waals surface area contributed by atoms with Crippen LogP contribution in [-0.4, -0.2) is 38.1 Å². The number of benzene rings is 1. The summed E-state index contributed by atoms with van der Waals surface area (Å²) in [6.45, 7) is 3.19. The van der Waals surface area contributed by atoms with E-state index in [-0.39, 0.29) is 5.91 Å². The molecule has 1 aromatic carbocycles. The van der Waals surface area contributed by atoms with Crippen LogP contribution in [0.15, 0.2) is 24.3 Å². The fourth-order valence-corrected chi connectivity index (χ4v) is 4.53. The van der Waals surface area contributed by atoms with Crippen LogP contribution in [0.5, 0.6) is 0 Å². The quantitative estimate of drug-likeness (QED) is 0.531. The minimum absolute atomic E-state index is 0.325. The van der Waals surface area contributed by atoms with Gasteiger partial charge in [-0.05, 0) is 0 Å². The summed E-state index contributed by atoms with van der Waals surface area (Å²) in [5, 5.41) is 2.68. The Morgan fingerprint density at radius 3 is 2.23 bits per heavy atom. The number of carbonyl (C=O) groups is 3. The predicted octanol–water partition coefficient (Wildman–Crippen LogP) is 1.69. The summed E-state index contributed by atoms with van der Waals surface area (Å²) in [5.74, 6) is -1.45. The normalized spacial score (nSPS) is 10.6. The minimum atomic E-state index is -3.04. The number of carbonyl (C=O) groups excluding carboxylic acids is 3. The second kappa shape index (κ2) is 9.36. The first-order chi connectivity index (χ1) is 10.5. The summed E-state index contributed by atoms with van der Waals surface area (Å²) in [6.07, 6.45) is 0. The predicted molar refractivity (Wildman–Crippen MR) is 86.9 cm³/mol. The van der Waals surface area contributed by atoms with E-state index in [4.69, 9.17) is 10.9 Å². The topological polar surface area (TPSA) is 90.9 Å². The van der Waals surface area contributed by atoms with E-state index in [1.54, 1.807) is 24.3 Å². The average molecular weight is 423 g/mol. The van der Waals surface area contributed by atoms with E-state index >= 15 is 0 Å². The summed E-state index contributed by atoms with van der Waals surface area (Å²) in [6, 6.07) is 6.60. The Hall–Kier alpha value is -1.68. The number of amides is 1. The van der Waals surface area contributed by atoms with Crippen molar-refractivity contribution in [2.45, 2.75) is 13.8 Å². The molecule has 0 aliphatic rings. The van der Waals surface area contributed by atoms with Gasteiger partial charge < -0.3 is 0 Å². The van der Waals surface area contributed by atoms with Crippen LogP contribution in [0, 0.1) is 3.57 Å². The molecule has 1 amide bonds. The van der Waals surface area contributed by atoms with Gasteiger partial charge >= 0.3 is 137 Å². The van der Waals surface area contributed by atoms with Crippen molar-refractivity contribution in [3.63, 3.8) is 0 Å². The number of hydrogen-bond donors (Lipinski definition) is 1. The van der Waals surface area contributed by atoms with E-state index < -0.39 is 32.6 Å². The third-order valence-electron chi connectivity index (χ3n) is 2.23. The van der Waals surface area contributed by atoms with Crippen LogP contribution in [-0.2, 0) is 20.5 Å². The molecule has 1 aromatic rings. The van der Waals surface area contributed by atoms with Crippen LogP contribution in [0.25, 0.3) is 0 Å². The molecule has 0 atom stereocenters. The molecule has 122 valence electrons. The van der Waals surface area contributed by atoms with Gasteiger partial charge in [0.2, 0.25) is 0 Å². The number of methoxy groups -OCH3 is 1. The molecule has 1 rings (SSSR count). The van der Waals surface area contributed by atoms with E-state index in [1.807, 2.05) is 0 Å². The van der Waals surface area contributed by atoms with Gasteiger partial charge in [0.05, 0.1) is 0 Å². The molecule has 0 saturated carbocycles. The summed E-state index contributed by atoms with van der Waals surface area (Å²) in [5.41, 5.74) is 0.325. The van der Waals surface area contributed by atoms with Gasteiger partial charge in [0.1, 0.15) is 0 Å². The van der Waals surface area contributed by atoms with Crippen LogP contribution in [0.2, 0.25) is 0 Å². The van der Waals surface area contributed by atoms with Gasteiger partial charge in [0.15, 0.2) is 0 Å². The first-order valence-corrected chi connectivity index (χ1v) is 9.24. The molecule has 0 aliphatic heterocycles. The maximum absolute atomic E-state index is 12.2. The molecule has 0 fully saturated rings. The zero-order chi connectivity index (χ0) is 16.5. The molecule has 0 saturated heterocycles. The molecule has 8 heteroatoms. The molecule has 0 unspecified atom stereocenters. The Morgan fingerprint density at radius 1 is 1.09 bits per heavy atom. The van der Waals surface area contributed by atoms with Crippen molar-refractivity contribution in [2.24, 2.45) is 0 Å². The summed E-state index contributed by atoms with van der Waals surface area (Å²) >= 11 is -3.04. The fourth-order valence-electron chi connectivity index (χ4n) is 1.44. The Kier molecular flexibility index (Phi) is 7.82. The van der Waals surface area contributed by atoms with Crippen LogP contribution in [0.3, 0.4) is 0 Å². The third-order valence-corrected chi connectivity index (χ3v) is 6.16. The van der Waals surface area contributed by atoms with Crippen molar-refractivity contribution in [1.82, 2.24) is 5.32 Å². The average Bonchev–Trinajstić information content (AvgIpc) is 2.45. The molecule has 7 nitrogen and oxygen atoms in total. The van der Waals surface area contributed by atoms with Crippen molar-refractivity contribution in [3.05, 3.63) is 33.4 Å². The summed E-state index contributed by atoms with van der Waals surface area (Å²) in [7, 11) is 1.53. The summed E-state index contributed by atoms with van der Waals surface area (Å²) in [4.78, 5) is 34.6. The number of rotatable bonds is 7. The van der Waals surface area contributed by atoms with Gasteiger partial charge in [-0.3, -0.25) is 0 Å². The maximum atomic E-state index is 12.2.